The quantitative estimate of drug-likeness (QED) is 0.0915. The predicted molar refractivity (Wildman–Crippen MR) is 152 cm³/mol. The highest BCUT2D eigenvalue weighted by atomic mass is 16.6. The fourth-order valence-corrected chi connectivity index (χ4v) is 2.19. The Bertz CT molecular complexity index is 708. The molecule has 0 N–H and O–H groups in total. The van der Waals surface area contributed by atoms with Crippen molar-refractivity contribution in [2.75, 3.05) is 26.4 Å². The van der Waals surface area contributed by atoms with Crippen LogP contribution < -0.4 is 0 Å². The average Bonchev–Trinajstić information content (AvgIpc) is 2.80. The van der Waals surface area contributed by atoms with Crippen molar-refractivity contribution < 1.29 is 38.1 Å². The van der Waals surface area contributed by atoms with Crippen LogP contribution in [0.4, 0.5) is 0 Å². The second kappa shape index (κ2) is 38.5. The van der Waals surface area contributed by atoms with Gasteiger partial charge in [0, 0.05) is 18.9 Å². The van der Waals surface area contributed by atoms with Crippen LogP contribution in [0.1, 0.15) is 90.0 Å². The number of esters is 4. The summed E-state index contributed by atoms with van der Waals surface area (Å²) >= 11 is 0. The molecule has 0 aromatic carbocycles. The van der Waals surface area contributed by atoms with Gasteiger partial charge in [-0.1, -0.05) is 43.7 Å². The van der Waals surface area contributed by atoms with E-state index in [9.17, 15) is 19.2 Å². The van der Waals surface area contributed by atoms with Gasteiger partial charge in [-0.05, 0) is 33.6 Å². The third-order valence-corrected chi connectivity index (χ3v) is 3.61. The van der Waals surface area contributed by atoms with Crippen molar-refractivity contribution in [3.8, 4) is 18.2 Å². The van der Waals surface area contributed by atoms with Crippen molar-refractivity contribution in [2.45, 2.75) is 90.0 Å². The SMILES string of the molecule is C.C.C.C.C.C=CC#N.CCOC(=O)C(CCC#N)(CCC#N)C(=O)OCC.[CH2+]COC(=O)CC(=O)OCC. The van der Waals surface area contributed by atoms with Crippen molar-refractivity contribution in [3.05, 3.63) is 19.6 Å². The number of carbonyl (C=O) groups excluding carboxylic acids is 4. The zero-order valence-corrected chi connectivity index (χ0v) is 20.0. The fraction of sp³-hybridized carbons (Fsp3) is 0.643. The highest BCUT2D eigenvalue weighted by molar-refractivity contribution is 6.00. The van der Waals surface area contributed by atoms with Crippen LogP contribution in [-0.4, -0.2) is 50.3 Å². The largest absolute Gasteiger partial charge is 0.466 e. The van der Waals surface area contributed by atoms with E-state index in [0.29, 0.717) is 0 Å². The molecular formula is C28H52N3O8+. The molecular weight excluding hydrogens is 506 g/mol. The van der Waals surface area contributed by atoms with Gasteiger partial charge >= 0.3 is 23.9 Å². The zero-order valence-electron chi connectivity index (χ0n) is 20.0. The molecule has 0 bridgehead atoms. The van der Waals surface area contributed by atoms with Crippen LogP contribution in [0.5, 0.6) is 0 Å². The summed E-state index contributed by atoms with van der Waals surface area (Å²) in [5.41, 5.74) is -1.54. The summed E-state index contributed by atoms with van der Waals surface area (Å²) in [5.74, 6) is -2.61. The lowest BCUT2D eigenvalue weighted by molar-refractivity contribution is -0.173. The first-order valence-electron chi connectivity index (χ1n) is 10.4. The number of allylic oxidation sites excluding steroid dienone is 1. The van der Waals surface area contributed by atoms with Crippen molar-refractivity contribution in [1.82, 2.24) is 0 Å². The maximum atomic E-state index is 12.1. The van der Waals surface area contributed by atoms with Crippen LogP contribution in [0.2, 0.25) is 0 Å². The third kappa shape index (κ3) is 28.4. The highest BCUT2D eigenvalue weighted by Gasteiger charge is 2.48. The van der Waals surface area contributed by atoms with E-state index in [1.807, 2.05) is 12.1 Å². The van der Waals surface area contributed by atoms with E-state index in [1.54, 1.807) is 26.8 Å². The molecule has 0 aliphatic rings. The lowest BCUT2D eigenvalue weighted by Crippen LogP contribution is -2.42. The van der Waals surface area contributed by atoms with Gasteiger partial charge in [-0.25, -0.2) is 0 Å². The Hall–Kier alpha value is -4.04. The Kier molecular flexibility index (Phi) is 54.7. The molecule has 0 unspecified atom stereocenters. The molecule has 0 rings (SSSR count). The second-order valence-electron chi connectivity index (χ2n) is 5.87. The molecule has 0 aliphatic heterocycles. The third-order valence-electron chi connectivity index (χ3n) is 3.61. The summed E-state index contributed by atoms with van der Waals surface area (Å²) in [7, 11) is 0. The monoisotopic (exact) mass is 558 g/mol. The molecule has 11 nitrogen and oxygen atoms in total. The Morgan fingerprint density at radius 3 is 1.33 bits per heavy atom. The van der Waals surface area contributed by atoms with Gasteiger partial charge in [0.25, 0.3) is 0 Å². The van der Waals surface area contributed by atoms with Crippen LogP contribution in [0.15, 0.2) is 12.7 Å². The smallest absolute Gasteiger partial charge is 0.323 e. The molecule has 0 saturated carbocycles. The van der Waals surface area contributed by atoms with Crippen LogP contribution in [0.3, 0.4) is 0 Å². The van der Waals surface area contributed by atoms with Gasteiger partial charge in [0.15, 0.2) is 5.41 Å². The van der Waals surface area contributed by atoms with E-state index in [0.717, 1.165) is 0 Å². The fourth-order valence-electron chi connectivity index (χ4n) is 2.19. The Labute approximate surface area is 237 Å². The second-order valence-corrected chi connectivity index (χ2v) is 5.87. The Balaban J connectivity index is -0.0000000694. The van der Waals surface area contributed by atoms with Gasteiger partial charge in [0.2, 0.25) is 6.61 Å². The Morgan fingerprint density at radius 2 is 1.08 bits per heavy atom. The van der Waals surface area contributed by atoms with E-state index in [-0.39, 0.29) is 95.7 Å². The molecule has 0 radical (unpaired) electrons. The molecule has 11 heteroatoms. The minimum Gasteiger partial charge on any atom is -0.466 e. The lowest BCUT2D eigenvalue weighted by atomic mass is 9.79. The van der Waals surface area contributed by atoms with E-state index in [2.05, 4.69) is 23.0 Å². The number of nitrogens with zero attached hydrogens (tertiary/aromatic N) is 3. The maximum Gasteiger partial charge on any atom is 0.323 e. The summed E-state index contributed by atoms with van der Waals surface area (Å²) in [4.78, 5) is 45.3. The number of carbonyl (C=O) groups is 4. The van der Waals surface area contributed by atoms with Gasteiger partial charge in [0.05, 0.1) is 38.0 Å². The van der Waals surface area contributed by atoms with Gasteiger partial charge in [-0.2, -0.15) is 15.8 Å². The Morgan fingerprint density at radius 1 is 0.744 bits per heavy atom. The van der Waals surface area contributed by atoms with Gasteiger partial charge < -0.3 is 18.9 Å². The average molecular weight is 559 g/mol. The maximum absolute atomic E-state index is 12.1. The first-order chi connectivity index (χ1) is 16.2. The first kappa shape index (κ1) is 55.5. The summed E-state index contributed by atoms with van der Waals surface area (Å²) < 4.78 is 18.7. The van der Waals surface area contributed by atoms with E-state index >= 15 is 0 Å². The van der Waals surface area contributed by atoms with Crippen molar-refractivity contribution in [3.63, 3.8) is 0 Å². The molecule has 39 heavy (non-hydrogen) atoms. The molecule has 0 fully saturated rings. The minimum atomic E-state index is -1.54. The molecule has 0 aliphatic carbocycles. The van der Waals surface area contributed by atoms with Gasteiger partial charge in [-0.15, -0.1) is 0 Å². The molecule has 0 atom stereocenters. The molecule has 0 saturated heterocycles. The number of rotatable bonds is 12. The van der Waals surface area contributed by atoms with Crippen molar-refractivity contribution >= 4 is 23.9 Å². The standard InChI is InChI=1S/C13H18N2O4.C7H11O4.C3H3N.5CH4/c1-3-18-11(16)13(7-5-9-14,8-6-10-15)12(17)19-4-2;1-3-10-6(8)5-7(9)11-4-2;1-2-3-4;;;;;/h3-8H2,1-2H3;1,3-5H2,2H3;2H,1H2;5*1H4/q;+1;;;;;;. The molecule has 0 aromatic heterocycles. The van der Waals surface area contributed by atoms with E-state index in [1.165, 1.54) is 6.08 Å². The van der Waals surface area contributed by atoms with E-state index in [4.69, 9.17) is 25.3 Å². The minimum absolute atomic E-state index is 0. The summed E-state index contributed by atoms with van der Waals surface area (Å²) in [6, 6.07) is 5.48. The molecule has 0 amide bonds. The molecule has 0 spiro atoms. The van der Waals surface area contributed by atoms with Crippen LogP contribution in [0, 0.1) is 46.3 Å². The van der Waals surface area contributed by atoms with Crippen molar-refractivity contribution in [1.29, 1.82) is 15.8 Å². The van der Waals surface area contributed by atoms with Crippen molar-refractivity contribution in [2.24, 2.45) is 5.41 Å². The number of ether oxygens (including phenoxy) is 4. The van der Waals surface area contributed by atoms with Crippen LogP contribution >= 0.6 is 0 Å². The number of hydrogen-bond acceptors (Lipinski definition) is 11. The molecule has 0 aromatic rings. The summed E-state index contributed by atoms with van der Waals surface area (Å²) in [5, 5.41) is 24.8. The van der Waals surface area contributed by atoms with Crippen LogP contribution in [0.25, 0.3) is 0 Å². The van der Waals surface area contributed by atoms with Gasteiger partial charge in [0.1, 0.15) is 13.3 Å². The first-order valence-corrected chi connectivity index (χ1v) is 10.4. The molecule has 226 valence electrons. The summed E-state index contributed by atoms with van der Waals surface area (Å²) in [6.45, 7) is 11.9. The normalized spacial score (nSPS) is 7.79. The topological polar surface area (TPSA) is 177 Å². The number of nitriles is 3. The zero-order chi connectivity index (χ0) is 26.8. The van der Waals surface area contributed by atoms with E-state index < -0.39 is 29.3 Å². The number of hydrogen-bond donors (Lipinski definition) is 0. The van der Waals surface area contributed by atoms with Crippen LogP contribution in [-0.2, 0) is 38.1 Å². The predicted octanol–water partition coefficient (Wildman–Crippen LogP) is 5.90. The lowest BCUT2D eigenvalue weighted by Gasteiger charge is -2.27. The molecule has 0 heterocycles. The highest BCUT2D eigenvalue weighted by Crippen LogP contribution is 2.33. The summed E-state index contributed by atoms with van der Waals surface area (Å²) in [6.07, 6.45) is 0.890. The van der Waals surface area contributed by atoms with Gasteiger partial charge in [-0.3, -0.25) is 19.2 Å².